The van der Waals surface area contributed by atoms with Gasteiger partial charge in [0.25, 0.3) is 0 Å². The average molecular weight is 374 g/mol. The second-order valence-corrected chi connectivity index (χ2v) is 9.48. The van der Waals surface area contributed by atoms with Gasteiger partial charge in [0.15, 0.2) is 5.76 Å². The SMILES string of the molecule is Cc1sc(-c2ccno2)cc1S(=O)(=O)N(C)C1Cc2ccccc2C1. The molecule has 0 saturated carbocycles. The first-order valence-electron chi connectivity index (χ1n) is 8.03. The van der Waals surface area contributed by atoms with Gasteiger partial charge in [-0.05, 0) is 37.0 Å². The van der Waals surface area contributed by atoms with E-state index >= 15 is 0 Å². The number of aromatic nitrogens is 1. The van der Waals surface area contributed by atoms with Crippen LogP contribution in [0.3, 0.4) is 0 Å². The number of hydrogen-bond donors (Lipinski definition) is 0. The zero-order valence-electron chi connectivity index (χ0n) is 14.0. The lowest BCUT2D eigenvalue weighted by Gasteiger charge is -2.23. The molecule has 1 aromatic carbocycles. The van der Waals surface area contributed by atoms with Gasteiger partial charge in [0.2, 0.25) is 10.0 Å². The Morgan fingerprint density at radius 2 is 1.88 bits per heavy atom. The predicted octanol–water partition coefficient (Wildman–Crippen LogP) is 3.50. The number of aryl methyl sites for hydroxylation is 1. The van der Waals surface area contributed by atoms with Gasteiger partial charge in [-0.3, -0.25) is 0 Å². The zero-order chi connectivity index (χ0) is 17.6. The molecule has 0 unspecified atom stereocenters. The van der Waals surface area contributed by atoms with E-state index in [1.54, 1.807) is 25.4 Å². The molecular formula is C18H18N2O3S2. The number of fused-ring (bicyclic) bond motifs is 1. The van der Waals surface area contributed by atoms with Gasteiger partial charge < -0.3 is 4.52 Å². The van der Waals surface area contributed by atoms with E-state index in [-0.39, 0.29) is 6.04 Å². The molecule has 0 amide bonds. The van der Waals surface area contributed by atoms with Crippen LogP contribution in [0.15, 0.2) is 52.0 Å². The van der Waals surface area contributed by atoms with Crippen LogP contribution in [0.2, 0.25) is 0 Å². The van der Waals surface area contributed by atoms with Gasteiger partial charge in [0.05, 0.1) is 16.0 Å². The highest BCUT2D eigenvalue weighted by atomic mass is 32.2. The molecule has 25 heavy (non-hydrogen) atoms. The lowest BCUT2D eigenvalue weighted by Crippen LogP contribution is -2.37. The Morgan fingerprint density at radius 3 is 2.48 bits per heavy atom. The summed E-state index contributed by atoms with van der Waals surface area (Å²) in [6.07, 6.45) is 3.06. The quantitative estimate of drug-likeness (QED) is 0.701. The van der Waals surface area contributed by atoms with Gasteiger partial charge in [-0.25, -0.2) is 8.42 Å². The Morgan fingerprint density at radius 1 is 1.20 bits per heavy atom. The first-order valence-corrected chi connectivity index (χ1v) is 10.3. The molecule has 1 aliphatic carbocycles. The Labute approximate surface area is 150 Å². The van der Waals surface area contributed by atoms with Crippen LogP contribution < -0.4 is 0 Å². The topological polar surface area (TPSA) is 63.4 Å². The molecule has 0 N–H and O–H groups in total. The smallest absolute Gasteiger partial charge is 0.244 e. The Kier molecular flexibility index (Phi) is 4.02. The minimum absolute atomic E-state index is 0.0459. The van der Waals surface area contributed by atoms with Gasteiger partial charge in [-0.15, -0.1) is 11.3 Å². The van der Waals surface area contributed by atoms with E-state index < -0.39 is 10.0 Å². The van der Waals surface area contributed by atoms with Crippen molar-refractivity contribution in [3.63, 3.8) is 0 Å². The largest absolute Gasteiger partial charge is 0.355 e. The van der Waals surface area contributed by atoms with E-state index in [0.29, 0.717) is 10.7 Å². The Bertz CT molecular complexity index is 982. The number of sulfonamides is 1. The molecule has 2 heterocycles. The average Bonchev–Trinajstić information content (AvgIpc) is 3.32. The van der Waals surface area contributed by atoms with Gasteiger partial charge in [-0.2, -0.15) is 4.31 Å². The fourth-order valence-corrected chi connectivity index (χ4v) is 6.20. The third-order valence-electron chi connectivity index (χ3n) is 4.75. The molecule has 0 bridgehead atoms. The lowest BCUT2D eigenvalue weighted by atomic mass is 10.1. The molecule has 0 spiro atoms. The molecule has 7 heteroatoms. The fourth-order valence-electron chi connectivity index (χ4n) is 3.33. The van der Waals surface area contributed by atoms with Gasteiger partial charge in [0, 0.05) is 24.0 Å². The standard InChI is InChI=1S/C18H18N2O3S2/c1-12-18(11-17(24-12)16-7-8-19-23-16)25(21,22)20(2)15-9-13-5-3-4-6-14(13)10-15/h3-8,11,15H,9-10H2,1-2H3. The van der Waals surface area contributed by atoms with Crippen LogP contribution in [-0.2, 0) is 22.9 Å². The van der Waals surface area contributed by atoms with Crippen LogP contribution in [-0.4, -0.2) is 31.0 Å². The first kappa shape index (κ1) is 16.5. The number of thiophene rings is 1. The highest BCUT2D eigenvalue weighted by Gasteiger charge is 2.34. The lowest BCUT2D eigenvalue weighted by molar-refractivity contribution is 0.378. The van der Waals surface area contributed by atoms with Gasteiger partial charge in [-0.1, -0.05) is 29.4 Å². The van der Waals surface area contributed by atoms with Crippen molar-refractivity contribution in [3.8, 4) is 10.6 Å². The molecule has 0 aliphatic heterocycles. The van der Waals surface area contributed by atoms with Crippen LogP contribution in [0.4, 0.5) is 0 Å². The van der Waals surface area contributed by atoms with E-state index in [9.17, 15) is 8.42 Å². The molecule has 0 saturated heterocycles. The molecular weight excluding hydrogens is 356 g/mol. The maximum absolute atomic E-state index is 13.2. The summed E-state index contributed by atoms with van der Waals surface area (Å²) in [6, 6.07) is 11.5. The molecule has 130 valence electrons. The fraction of sp³-hybridized carbons (Fsp3) is 0.278. The number of likely N-dealkylation sites (N-methyl/N-ethyl adjacent to an activating group) is 1. The van der Waals surface area contributed by atoms with Crippen LogP contribution in [0, 0.1) is 6.92 Å². The van der Waals surface area contributed by atoms with Gasteiger partial charge >= 0.3 is 0 Å². The van der Waals surface area contributed by atoms with E-state index in [2.05, 4.69) is 17.3 Å². The van der Waals surface area contributed by atoms with Crippen LogP contribution in [0.1, 0.15) is 16.0 Å². The van der Waals surface area contributed by atoms with Crippen molar-refractivity contribution in [2.24, 2.45) is 0 Å². The highest BCUT2D eigenvalue weighted by Crippen LogP contribution is 2.36. The van der Waals surface area contributed by atoms with Crippen LogP contribution >= 0.6 is 11.3 Å². The maximum atomic E-state index is 13.2. The van der Waals surface area contributed by atoms with Crippen molar-refractivity contribution in [2.45, 2.75) is 30.7 Å². The van der Waals surface area contributed by atoms with Crippen molar-refractivity contribution >= 4 is 21.4 Å². The molecule has 1 aliphatic rings. The first-order chi connectivity index (χ1) is 12.0. The third kappa shape index (κ3) is 2.82. The number of hydrogen-bond acceptors (Lipinski definition) is 5. The van der Waals surface area contributed by atoms with E-state index in [0.717, 1.165) is 22.6 Å². The van der Waals surface area contributed by atoms with E-state index in [1.165, 1.54) is 26.8 Å². The minimum Gasteiger partial charge on any atom is -0.355 e. The molecule has 5 nitrogen and oxygen atoms in total. The molecule has 3 aromatic rings. The summed E-state index contributed by atoms with van der Waals surface area (Å²) in [6.45, 7) is 1.83. The Balaban J connectivity index is 1.64. The number of nitrogens with zero attached hydrogens (tertiary/aromatic N) is 2. The van der Waals surface area contributed by atoms with Crippen molar-refractivity contribution in [1.29, 1.82) is 0 Å². The zero-order valence-corrected chi connectivity index (χ0v) is 15.6. The van der Waals surface area contributed by atoms with Crippen LogP contribution in [0.25, 0.3) is 10.6 Å². The molecule has 4 rings (SSSR count). The molecule has 0 radical (unpaired) electrons. The molecule has 0 atom stereocenters. The second kappa shape index (κ2) is 6.09. The maximum Gasteiger partial charge on any atom is 0.244 e. The van der Waals surface area contributed by atoms with E-state index in [4.69, 9.17) is 4.52 Å². The highest BCUT2D eigenvalue weighted by molar-refractivity contribution is 7.89. The second-order valence-electron chi connectivity index (χ2n) is 6.26. The summed E-state index contributed by atoms with van der Waals surface area (Å²) in [4.78, 5) is 1.88. The molecule has 2 aromatic heterocycles. The summed E-state index contributed by atoms with van der Waals surface area (Å²) in [7, 11) is -1.88. The monoisotopic (exact) mass is 374 g/mol. The normalized spacial score (nSPS) is 15.0. The van der Waals surface area contributed by atoms with E-state index in [1.807, 2.05) is 19.1 Å². The minimum atomic E-state index is -3.56. The molecule has 0 fully saturated rings. The number of benzene rings is 1. The van der Waals surface area contributed by atoms with Crippen molar-refractivity contribution in [2.75, 3.05) is 7.05 Å². The summed E-state index contributed by atoms with van der Waals surface area (Å²) >= 11 is 1.41. The Hall–Kier alpha value is -1.96. The summed E-state index contributed by atoms with van der Waals surface area (Å²) in [5.74, 6) is 0.588. The summed E-state index contributed by atoms with van der Waals surface area (Å²) in [5.41, 5.74) is 2.47. The van der Waals surface area contributed by atoms with Crippen molar-refractivity contribution in [3.05, 3.63) is 58.6 Å². The number of rotatable bonds is 4. The van der Waals surface area contributed by atoms with Gasteiger partial charge in [0.1, 0.15) is 0 Å². The van der Waals surface area contributed by atoms with Crippen molar-refractivity contribution in [1.82, 2.24) is 9.46 Å². The van der Waals surface area contributed by atoms with Crippen LogP contribution in [0.5, 0.6) is 0 Å². The predicted molar refractivity (Wildman–Crippen MR) is 97.1 cm³/mol. The summed E-state index contributed by atoms with van der Waals surface area (Å²) in [5, 5.41) is 3.69. The summed E-state index contributed by atoms with van der Waals surface area (Å²) < 4.78 is 33.0. The third-order valence-corrected chi connectivity index (χ3v) is 7.98. The van der Waals surface area contributed by atoms with Crippen molar-refractivity contribution < 1.29 is 12.9 Å².